The van der Waals surface area contributed by atoms with Gasteiger partial charge in [-0.3, -0.25) is 0 Å². The summed E-state index contributed by atoms with van der Waals surface area (Å²) < 4.78 is 0.822. The van der Waals surface area contributed by atoms with Gasteiger partial charge in [0.15, 0.2) is 5.69 Å². The Hall–Kier alpha value is -0.400. The molecule has 0 radical (unpaired) electrons. The first-order valence-electron chi connectivity index (χ1n) is 2.27. The second-order valence-corrected chi connectivity index (χ2v) is 3.99. The van der Waals surface area contributed by atoms with Crippen molar-refractivity contribution in [3.05, 3.63) is 14.5 Å². The average molecular weight is 203 g/mol. The summed E-state index contributed by atoms with van der Waals surface area (Å²) in [4.78, 5) is 3.94. The Morgan fingerprint density at radius 1 is 1.78 bits per heavy atom. The second-order valence-electron chi connectivity index (χ2n) is 1.47. The van der Waals surface area contributed by atoms with Gasteiger partial charge in [-0.1, -0.05) is 0 Å². The topological polar surface area (TPSA) is 36.7 Å². The van der Waals surface area contributed by atoms with E-state index in [2.05, 4.69) is 20.9 Å². The Kier molecular flexibility index (Phi) is 1.84. The lowest BCUT2D eigenvalue weighted by Gasteiger charge is -1.72. The first-order valence-corrected chi connectivity index (χ1v) is 3.88. The van der Waals surface area contributed by atoms with Crippen molar-refractivity contribution in [3.8, 4) is 6.07 Å². The fourth-order valence-corrected chi connectivity index (χ4v) is 1.94. The number of aromatic nitrogens is 1. The molecule has 1 aromatic rings. The quantitative estimate of drug-likeness (QED) is 0.647. The van der Waals surface area contributed by atoms with E-state index in [1.54, 1.807) is 0 Å². The van der Waals surface area contributed by atoms with Crippen molar-refractivity contribution in [3.63, 3.8) is 0 Å². The number of hydrogen-bond donors (Lipinski definition) is 0. The molecule has 2 nitrogen and oxygen atoms in total. The number of nitrogens with zero attached hydrogens (tertiary/aromatic N) is 2. The Morgan fingerprint density at radius 2 is 2.44 bits per heavy atom. The van der Waals surface area contributed by atoms with Gasteiger partial charge in [-0.15, -0.1) is 11.3 Å². The fourth-order valence-electron chi connectivity index (χ4n) is 0.471. The van der Waals surface area contributed by atoms with Crippen molar-refractivity contribution < 1.29 is 0 Å². The summed E-state index contributed by atoms with van der Waals surface area (Å²) in [6.07, 6.45) is 0. The van der Waals surface area contributed by atoms with Crippen LogP contribution in [0.25, 0.3) is 0 Å². The van der Waals surface area contributed by atoms with E-state index in [0.29, 0.717) is 5.69 Å². The highest BCUT2D eigenvalue weighted by atomic mass is 79.9. The van der Waals surface area contributed by atoms with E-state index in [4.69, 9.17) is 5.26 Å². The van der Waals surface area contributed by atoms with E-state index in [0.717, 1.165) is 8.79 Å². The highest BCUT2D eigenvalue weighted by Gasteiger charge is 2.02. The van der Waals surface area contributed by atoms with Gasteiger partial charge in [0.1, 0.15) is 9.86 Å². The summed E-state index contributed by atoms with van der Waals surface area (Å²) in [7, 11) is 0. The zero-order valence-corrected chi connectivity index (χ0v) is 7.08. The average Bonchev–Trinajstić information content (AvgIpc) is 2.10. The molecule has 0 aliphatic rings. The summed E-state index contributed by atoms with van der Waals surface area (Å²) in [5.41, 5.74) is 0.484. The predicted molar refractivity (Wildman–Crippen MR) is 39.3 cm³/mol. The number of aryl methyl sites for hydroxylation is 1. The number of hydrogen-bond acceptors (Lipinski definition) is 3. The van der Waals surface area contributed by atoms with Crippen LogP contribution in [0.1, 0.15) is 10.7 Å². The summed E-state index contributed by atoms with van der Waals surface area (Å²) in [6.45, 7) is 1.87. The van der Waals surface area contributed by atoms with Crippen LogP contribution in [0.4, 0.5) is 0 Å². The van der Waals surface area contributed by atoms with E-state index in [9.17, 15) is 0 Å². The minimum atomic E-state index is 0.484. The molecule has 0 unspecified atom stereocenters. The van der Waals surface area contributed by atoms with Crippen molar-refractivity contribution in [1.29, 1.82) is 5.26 Å². The minimum absolute atomic E-state index is 0.484. The first-order chi connectivity index (χ1) is 4.24. The molecule has 0 atom stereocenters. The monoisotopic (exact) mass is 202 g/mol. The van der Waals surface area contributed by atoms with Crippen LogP contribution >= 0.6 is 27.3 Å². The van der Waals surface area contributed by atoms with Gasteiger partial charge in [-0.2, -0.15) is 5.26 Å². The number of halogens is 1. The molecule has 0 aromatic carbocycles. The number of thiazole rings is 1. The summed E-state index contributed by atoms with van der Waals surface area (Å²) >= 11 is 4.69. The van der Waals surface area contributed by atoms with E-state index in [-0.39, 0.29) is 0 Å². The van der Waals surface area contributed by atoms with Crippen LogP contribution in [0.2, 0.25) is 0 Å². The van der Waals surface area contributed by atoms with Crippen LogP contribution in [0, 0.1) is 18.3 Å². The van der Waals surface area contributed by atoms with Crippen LogP contribution in [-0.2, 0) is 0 Å². The molecular formula is C5H3BrN2S. The van der Waals surface area contributed by atoms with Gasteiger partial charge < -0.3 is 0 Å². The largest absolute Gasteiger partial charge is 0.230 e. The normalized spacial score (nSPS) is 9.00. The Balaban J connectivity index is 3.20. The van der Waals surface area contributed by atoms with Crippen LogP contribution in [-0.4, -0.2) is 4.98 Å². The van der Waals surface area contributed by atoms with Crippen molar-refractivity contribution in [1.82, 2.24) is 4.98 Å². The lowest BCUT2D eigenvalue weighted by Crippen LogP contribution is -1.72. The molecule has 9 heavy (non-hydrogen) atoms. The first kappa shape index (κ1) is 6.72. The van der Waals surface area contributed by atoms with Crippen LogP contribution in [0.5, 0.6) is 0 Å². The predicted octanol–water partition coefficient (Wildman–Crippen LogP) is 2.09. The van der Waals surface area contributed by atoms with Gasteiger partial charge in [0.05, 0.1) is 5.01 Å². The molecule has 0 saturated heterocycles. The molecule has 1 aromatic heterocycles. The van der Waals surface area contributed by atoms with Gasteiger partial charge in [0.2, 0.25) is 0 Å². The molecular weight excluding hydrogens is 200 g/mol. The zero-order chi connectivity index (χ0) is 6.85. The number of nitriles is 1. The molecule has 1 heterocycles. The van der Waals surface area contributed by atoms with Gasteiger partial charge in [-0.25, -0.2) is 4.98 Å². The summed E-state index contributed by atoms with van der Waals surface area (Å²) in [6, 6.07) is 1.97. The Morgan fingerprint density at radius 3 is 2.67 bits per heavy atom. The highest BCUT2D eigenvalue weighted by Crippen LogP contribution is 2.22. The van der Waals surface area contributed by atoms with E-state index in [1.165, 1.54) is 11.3 Å². The van der Waals surface area contributed by atoms with Gasteiger partial charge in [-0.05, 0) is 22.9 Å². The fraction of sp³-hybridized carbons (Fsp3) is 0.200. The third-order valence-electron chi connectivity index (χ3n) is 0.799. The maximum atomic E-state index is 8.40. The minimum Gasteiger partial charge on any atom is -0.230 e. The number of rotatable bonds is 0. The SMILES string of the molecule is Cc1nc(C#N)c(Br)s1. The van der Waals surface area contributed by atoms with Gasteiger partial charge >= 0.3 is 0 Å². The Bertz CT molecular complexity index is 260. The standard InChI is InChI=1S/C5H3BrN2S/c1-3-8-4(2-7)5(6)9-3/h1H3. The Labute approximate surface area is 65.3 Å². The molecule has 0 aliphatic carbocycles. The molecule has 0 aliphatic heterocycles. The molecule has 4 heteroatoms. The molecule has 1 rings (SSSR count). The van der Waals surface area contributed by atoms with Crippen molar-refractivity contribution >= 4 is 27.3 Å². The zero-order valence-electron chi connectivity index (χ0n) is 4.68. The van der Waals surface area contributed by atoms with Crippen molar-refractivity contribution in [2.75, 3.05) is 0 Å². The van der Waals surface area contributed by atoms with Crippen LogP contribution < -0.4 is 0 Å². The maximum absolute atomic E-state index is 8.40. The lowest BCUT2D eigenvalue weighted by molar-refractivity contribution is 1.25. The smallest absolute Gasteiger partial charge is 0.165 e. The third-order valence-corrected chi connectivity index (χ3v) is 2.42. The van der Waals surface area contributed by atoms with Crippen LogP contribution in [0.3, 0.4) is 0 Å². The molecule has 0 bridgehead atoms. The molecule has 0 saturated carbocycles. The van der Waals surface area contributed by atoms with Crippen molar-refractivity contribution in [2.24, 2.45) is 0 Å². The molecule has 0 amide bonds. The lowest BCUT2D eigenvalue weighted by atomic mass is 10.6. The molecule has 0 fully saturated rings. The van der Waals surface area contributed by atoms with E-state index < -0.39 is 0 Å². The van der Waals surface area contributed by atoms with Crippen LogP contribution in [0.15, 0.2) is 3.79 Å². The maximum Gasteiger partial charge on any atom is 0.165 e. The molecule has 46 valence electrons. The third kappa shape index (κ3) is 1.29. The molecule has 0 N–H and O–H groups in total. The van der Waals surface area contributed by atoms with E-state index >= 15 is 0 Å². The second kappa shape index (κ2) is 2.46. The highest BCUT2D eigenvalue weighted by molar-refractivity contribution is 9.11. The summed E-state index contributed by atoms with van der Waals surface area (Å²) in [5, 5.41) is 9.31. The van der Waals surface area contributed by atoms with E-state index in [1.807, 2.05) is 13.0 Å². The van der Waals surface area contributed by atoms with Gasteiger partial charge in [0.25, 0.3) is 0 Å². The molecule has 0 spiro atoms. The van der Waals surface area contributed by atoms with Gasteiger partial charge in [0, 0.05) is 0 Å². The summed E-state index contributed by atoms with van der Waals surface area (Å²) in [5.74, 6) is 0. The van der Waals surface area contributed by atoms with Crippen molar-refractivity contribution in [2.45, 2.75) is 6.92 Å².